The van der Waals surface area contributed by atoms with Gasteiger partial charge in [0.05, 0.1) is 0 Å². The molecule has 1 heterocycles. The van der Waals surface area contributed by atoms with Crippen molar-refractivity contribution >= 4 is 11.6 Å². The number of hydrogen-bond donors (Lipinski definition) is 2. The number of benzene rings is 1. The molecular formula is C13H13N3O3. The van der Waals surface area contributed by atoms with E-state index in [0.717, 1.165) is 22.4 Å². The van der Waals surface area contributed by atoms with Gasteiger partial charge in [0.15, 0.2) is 0 Å². The van der Waals surface area contributed by atoms with E-state index in [0.29, 0.717) is 5.69 Å². The minimum atomic E-state index is -0.431. The molecule has 0 aliphatic carbocycles. The summed E-state index contributed by atoms with van der Waals surface area (Å²) in [5.41, 5.74) is 0.742. The third-order valence-corrected chi connectivity index (χ3v) is 2.61. The normalized spacial score (nSPS) is 10.2. The minimum Gasteiger partial charge on any atom is -0.324 e. The van der Waals surface area contributed by atoms with Gasteiger partial charge in [-0.2, -0.15) is 0 Å². The molecule has 0 aliphatic heterocycles. The molecule has 0 saturated carbocycles. The molecule has 2 aromatic rings. The van der Waals surface area contributed by atoms with Crippen molar-refractivity contribution in [3.63, 3.8) is 0 Å². The average molecular weight is 259 g/mol. The second-order valence-corrected chi connectivity index (χ2v) is 4.10. The predicted octanol–water partition coefficient (Wildman–Crippen LogP) is 0.484. The van der Waals surface area contributed by atoms with E-state index in [-0.39, 0.29) is 12.5 Å². The molecule has 1 aromatic heterocycles. The predicted molar refractivity (Wildman–Crippen MR) is 71.1 cm³/mol. The fourth-order valence-electron chi connectivity index (χ4n) is 1.63. The lowest BCUT2D eigenvalue weighted by atomic mass is 10.2. The molecule has 0 radical (unpaired) electrons. The van der Waals surface area contributed by atoms with Crippen molar-refractivity contribution in [3.8, 4) is 0 Å². The summed E-state index contributed by atoms with van der Waals surface area (Å²) >= 11 is 0. The van der Waals surface area contributed by atoms with Crippen LogP contribution in [0.5, 0.6) is 0 Å². The van der Waals surface area contributed by atoms with Gasteiger partial charge in [0.1, 0.15) is 6.54 Å². The van der Waals surface area contributed by atoms with Crippen molar-refractivity contribution in [1.29, 1.82) is 0 Å². The number of nitrogens with one attached hydrogen (secondary N) is 2. The van der Waals surface area contributed by atoms with Crippen LogP contribution in [0.15, 0.2) is 46.0 Å². The maximum atomic E-state index is 11.8. The fourth-order valence-corrected chi connectivity index (χ4v) is 1.63. The van der Waals surface area contributed by atoms with Gasteiger partial charge in [-0.05, 0) is 18.6 Å². The summed E-state index contributed by atoms with van der Waals surface area (Å²) in [4.78, 5) is 34.3. The summed E-state index contributed by atoms with van der Waals surface area (Å²) in [6.07, 6.45) is 0. The van der Waals surface area contributed by atoms with Crippen LogP contribution in [0.1, 0.15) is 5.56 Å². The van der Waals surface area contributed by atoms with Crippen LogP contribution in [-0.2, 0) is 11.3 Å². The van der Waals surface area contributed by atoms with Crippen LogP contribution in [0.25, 0.3) is 0 Å². The molecule has 0 bridgehead atoms. The van der Waals surface area contributed by atoms with Gasteiger partial charge in [0.25, 0.3) is 11.1 Å². The molecule has 6 nitrogen and oxygen atoms in total. The van der Waals surface area contributed by atoms with Gasteiger partial charge in [-0.3, -0.25) is 19.5 Å². The van der Waals surface area contributed by atoms with E-state index in [1.165, 1.54) is 0 Å². The van der Waals surface area contributed by atoms with E-state index in [9.17, 15) is 14.4 Å². The Hall–Kier alpha value is -2.63. The third kappa shape index (κ3) is 3.19. The number of amides is 1. The van der Waals surface area contributed by atoms with Gasteiger partial charge in [0, 0.05) is 17.8 Å². The monoisotopic (exact) mass is 259 g/mol. The molecule has 0 saturated heterocycles. The van der Waals surface area contributed by atoms with Crippen LogP contribution in [-0.4, -0.2) is 15.7 Å². The number of aromatic amines is 1. The van der Waals surface area contributed by atoms with Gasteiger partial charge in [0.2, 0.25) is 5.91 Å². The van der Waals surface area contributed by atoms with Crippen molar-refractivity contribution in [2.45, 2.75) is 13.5 Å². The third-order valence-electron chi connectivity index (χ3n) is 2.61. The van der Waals surface area contributed by atoms with E-state index < -0.39 is 11.1 Å². The van der Waals surface area contributed by atoms with Crippen molar-refractivity contribution < 1.29 is 4.79 Å². The Morgan fingerprint density at radius 1 is 1.21 bits per heavy atom. The number of nitrogens with zero attached hydrogens (tertiary/aromatic N) is 1. The Labute approximate surface area is 108 Å². The molecule has 2 rings (SSSR count). The molecule has 0 aliphatic rings. The lowest BCUT2D eigenvalue weighted by Crippen LogP contribution is -2.32. The molecule has 1 aromatic carbocycles. The zero-order valence-electron chi connectivity index (χ0n) is 10.3. The number of carbonyl (C=O) groups excluding carboxylic acids is 1. The van der Waals surface area contributed by atoms with Crippen molar-refractivity contribution in [2.24, 2.45) is 0 Å². The smallest absolute Gasteiger partial charge is 0.265 e. The minimum absolute atomic E-state index is 0.233. The van der Waals surface area contributed by atoms with Crippen LogP contribution in [0, 0.1) is 6.92 Å². The number of carbonyl (C=O) groups is 1. The summed E-state index contributed by atoms with van der Waals surface area (Å²) in [6.45, 7) is 1.63. The molecule has 98 valence electrons. The Morgan fingerprint density at radius 2 is 1.95 bits per heavy atom. The number of para-hydroxylation sites is 1. The molecule has 2 N–H and O–H groups in total. The topological polar surface area (TPSA) is 84.0 Å². The standard InChI is InChI=1S/C13H13N3O3/c1-9-4-2-3-5-10(9)14-12(18)8-16-13(19)7-6-11(17)15-16/h2-7H,8H2,1H3,(H,14,18)(H,15,17). The van der Waals surface area contributed by atoms with Crippen molar-refractivity contribution in [2.75, 3.05) is 5.32 Å². The molecule has 0 atom stereocenters. The average Bonchev–Trinajstić information content (AvgIpc) is 2.37. The largest absolute Gasteiger partial charge is 0.324 e. The van der Waals surface area contributed by atoms with Gasteiger partial charge in [-0.15, -0.1) is 0 Å². The summed E-state index contributed by atoms with van der Waals surface area (Å²) in [6, 6.07) is 9.55. The van der Waals surface area contributed by atoms with E-state index in [1.807, 2.05) is 19.1 Å². The quantitative estimate of drug-likeness (QED) is 0.841. The number of rotatable bonds is 3. The Bertz CT molecular complexity index is 715. The number of aryl methyl sites for hydroxylation is 1. The van der Waals surface area contributed by atoms with Crippen LogP contribution in [0.4, 0.5) is 5.69 Å². The lowest BCUT2D eigenvalue weighted by Gasteiger charge is -2.08. The molecular weight excluding hydrogens is 246 g/mol. The van der Waals surface area contributed by atoms with Crippen LogP contribution in [0.3, 0.4) is 0 Å². The van der Waals surface area contributed by atoms with Crippen molar-refractivity contribution in [3.05, 3.63) is 62.7 Å². The first-order chi connectivity index (χ1) is 9.06. The number of hydrogen-bond acceptors (Lipinski definition) is 3. The second kappa shape index (κ2) is 5.34. The number of anilines is 1. The highest BCUT2D eigenvalue weighted by Crippen LogP contribution is 2.12. The molecule has 1 amide bonds. The van der Waals surface area contributed by atoms with Gasteiger partial charge in [-0.25, -0.2) is 4.68 Å². The van der Waals surface area contributed by atoms with Crippen molar-refractivity contribution in [1.82, 2.24) is 9.78 Å². The van der Waals surface area contributed by atoms with Crippen LogP contribution in [0.2, 0.25) is 0 Å². The second-order valence-electron chi connectivity index (χ2n) is 4.10. The first-order valence-electron chi connectivity index (χ1n) is 5.72. The summed E-state index contributed by atoms with van der Waals surface area (Å²) < 4.78 is 0.968. The van der Waals surface area contributed by atoms with Crippen LogP contribution < -0.4 is 16.4 Å². The highest BCUT2D eigenvalue weighted by Gasteiger charge is 2.06. The number of H-pyrrole nitrogens is 1. The zero-order chi connectivity index (χ0) is 13.8. The van der Waals surface area contributed by atoms with Crippen LogP contribution >= 0.6 is 0 Å². The fraction of sp³-hybridized carbons (Fsp3) is 0.154. The van der Waals surface area contributed by atoms with E-state index >= 15 is 0 Å². The van der Waals surface area contributed by atoms with E-state index in [2.05, 4.69) is 10.4 Å². The maximum Gasteiger partial charge on any atom is 0.265 e. The zero-order valence-corrected chi connectivity index (χ0v) is 10.3. The molecule has 0 spiro atoms. The first-order valence-corrected chi connectivity index (χ1v) is 5.72. The van der Waals surface area contributed by atoms with E-state index in [4.69, 9.17) is 0 Å². The highest BCUT2D eigenvalue weighted by atomic mass is 16.2. The first kappa shape index (κ1) is 12.8. The van der Waals surface area contributed by atoms with E-state index in [1.54, 1.807) is 12.1 Å². The van der Waals surface area contributed by atoms with Gasteiger partial charge in [-0.1, -0.05) is 18.2 Å². The van der Waals surface area contributed by atoms with Gasteiger partial charge >= 0.3 is 0 Å². The molecule has 0 unspecified atom stereocenters. The molecule has 19 heavy (non-hydrogen) atoms. The summed E-state index contributed by atoms with van der Waals surface area (Å²) in [5.74, 6) is -0.377. The summed E-state index contributed by atoms with van der Waals surface area (Å²) in [5, 5.41) is 4.98. The number of aromatic nitrogens is 2. The molecule has 6 heteroatoms. The Morgan fingerprint density at radius 3 is 2.68 bits per heavy atom. The van der Waals surface area contributed by atoms with Gasteiger partial charge < -0.3 is 5.32 Å². The Kier molecular flexibility index (Phi) is 3.61. The summed E-state index contributed by atoms with van der Waals surface area (Å²) in [7, 11) is 0. The maximum absolute atomic E-state index is 11.8. The Balaban J connectivity index is 2.14. The highest BCUT2D eigenvalue weighted by molar-refractivity contribution is 5.91. The lowest BCUT2D eigenvalue weighted by molar-refractivity contribution is -0.117. The molecule has 0 fully saturated rings. The SMILES string of the molecule is Cc1ccccc1NC(=O)Cn1[nH]c(=O)ccc1=O.